The van der Waals surface area contributed by atoms with Gasteiger partial charge in [-0.3, -0.25) is 0 Å². The third kappa shape index (κ3) is 2.48. The number of fused-ring (bicyclic) bond motifs is 1. The van der Waals surface area contributed by atoms with Crippen LogP contribution in [0, 0.1) is 0 Å². The Balaban J connectivity index is 2.54. The topological polar surface area (TPSA) is 52.0 Å². The molecule has 0 radical (unpaired) electrons. The van der Waals surface area contributed by atoms with Crippen LogP contribution in [0.5, 0.6) is 0 Å². The van der Waals surface area contributed by atoms with Crippen LogP contribution in [0.4, 0.5) is 0 Å². The van der Waals surface area contributed by atoms with Gasteiger partial charge in [-0.25, -0.2) is 0 Å². The Morgan fingerprint density at radius 2 is 1.71 bits per heavy atom. The molecule has 0 amide bonds. The highest BCUT2D eigenvalue weighted by Crippen LogP contribution is 2.24. The SMILES string of the molecule is CCc1cccc2cccc(C[C@H](N)CN)c12. The molecule has 0 heterocycles. The Labute approximate surface area is 103 Å². The van der Waals surface area contributed by atoms with Crippen molar-refractivity contribution in [2.45, 2.75) is 25.8 Å². The monoisotopic (exact) mass is 228 g/mol. The third-order valence-electron chi connectivity index (χ3n) is 3.24. The lowest BCUT2D eigenvalue weighted by Gasteiger charge is -2.13. The minimum atomic E-state index is 0.0468. The molecule has 1 atom stereocenters. The van der Waals surface area contributed by atoms with E-state index in [1.807, 2.05) is 0 Å². The summed E-state index contributed by atoms with van der Waals surface area (Å²) in [6, 6.07) is 12.9. The summed E-state index contributed by atoms with van der Waals surface area (Å²) in [4.78, 5) is 0. The van der Waals surface area contributed by atoms with Crippen LogP contribution in [-0.2, 0) is 12.8 Å². The van der Waals surface area contributed by atoms with Crippen LogP contribution in [0.15, 0.2) is 36.4 Å². The molecule has 0 spiro atoms. The van der Waals surface area contributed by atoms with Gasteiger partial charge < -0.3 is 11.5 Å². The van der Waals surface area contributed by atoms with E-state index in [1.54, 1.807) is 0 Å². The van der Waals surface area contributed by atoms with Gasteiger partial charge in [0.05, 0.1) is 0 Å². The lowest BCUT2D eigenvalue weighted by atomic mass is 9.94. The van der Waals surface area contributed by atoms with Gasteiger partial charge in [0.1, 0.15) is 0 Å². The van der Waals surface area contributed by atoms with Crippen molar-refractivity contribution in [1.29, 1.82) is 0 Å². The molecular weight excluding hydrogens is 208 g/mol. The molecular formula is C15H20N2. The van der Waals surface area contributed by atoms with E-state index in [9.17, 15) is 0 Å². The van der Waals surface area contributed by atoms with Crippen molar-refractivity contribution in [3.63, 3.8) is 0 Å². The Hall–Kier alpha value is -1.38. The van der Waals surface area contributed by atoms with Crippen LogP contribution >= 0.6 is 0 Å². The van der Waals surface area contributed by atoms with Crippen LogP contribution in [0.3, 0.4) is 0 Å². The predicted octanol–water partition coefficient (Wildman–Crippen LogP) is 2.23. The summed E-state index contributed by atoms with van der Waals surface area (Å²) < 4.78 is 0. The van der Waals surface area contributed by atoms with Crippen molar-refractivity contribution in [2.75, 3.05) is 6.54 Å². The van der Waals surface area contributed by atoms with Gasteiger partial charge in [0.25, 0.3) is 0 Å². The maximum atomic E-state index is 5.96. The lowest BCUT2D eigenvalue weighted by molar-refractivity contribution is 0.681. The highest BCUT2D eigenvalue weighted by molar-refractivity contribution is 5.89. The fourth-order valence-electron chi connectivity index (χ4n) is 2.33. The first-order valence-electron chi connectivity index (χ1n) is 6.21. The molecule has 4 N–H and O–H groups in total. The van der Waals surface area contributed by atoms with Gasteiger partial charge in [-0.2, -0.15) is 0 Å². The average Bonchev–Trinajstić information content (AvgIpc) is 2.38. The summed E-state index contributed by atoms with van der Waals surface area (Å²) in [7, 11) is 0. The number of aryl methyl sites for hydroxylation is 1. The van der Waals surface area contributed by atoms with E-state index in [0.29, 0.717) is 6.54 Å². The number of benzene rings is 2. The van der Waals surface area contributed by atoms with Gasteiger partial charge in [-0.1, -0.05) is 43.3 Å². The molecule has 2 rings (SSSR count). The second-order valence-corrected chi connectivity index (χ2v) is 4.49. The summed E-state index contributed by atoms with van der Waals surface area (Å²) >= 11 is 0. The van der Waals surface area contributed by atoms with E-state index in [2.05, 4.69) is 43.3 Å². The highest BCUT2D eigenvalue weighted by atomic mass is 14.7. The molecule has 17 heavy (non-hydrogen) atoms. The molecule has 2 nitrogen and oxygen atoms in total. The molecule has 2 aromatic carbocycles. The van der Waals surface area contributed by atoms with Gasteiger partial charge in [-0.15, -0.1) is 0 Å². The maximum Gasteiger partial charge on any atom is 0.0204 e. The highest BCUT2D eigenvalue weighted by Gasteiger charge is 2.08. The second-order valence-electron chi connectivity index (χ2n) is 4.49. The quantitative estimate of drug-likeness (QED) is 0.843. The van der Waals surface area contributed by atoms with Gasteiger partial charge in [-0.05, 0) is 34.7 Å². The Morgan fingerprint density at radius 1 is 1.06 bits per heavy atom. The van der Waals surface area contributed by atoms with Gasteiger partial charge in [0, 0.05) is 12.6 Å². The smallest absolute Gasteiger partial charge is 0.0204 e. The van der Waals surface area contributed by atoms with Crippen LogP contribution in [-0.4, -0.2) is 12.6 Å². The van der Waals surface area contributed by atoms with E-state index >= 15 is 0 Å². The fourth-order valence-corrected chi connectivity index (χ4v) is 2.33. The van der Waals surface area contributed by atoms with Crippen LogP contribution in [0.25, 0.3) is 10.8 Å². The predicted molar refractivity (Wildman–Crippen MR) is 74.1 cm³/mol. The Bertz CT molecular complexity index is 500. The zero-order chi connectivity index (χ0) is 12.3. The molecule has 0 saturated heterocycles. The third-order valence-corrected chi connectivity index (χ3v) is 3.24. The van der Waals surface area contributed by atoms with E-state index in [1.165, 1.54) is 21.9 Å². The average molecular weight is 228 g/mol. The van der Waals surface area contributed by atoms with Crippen molar-refractivity contribution < 1.29 is 0 Å². The first kappa shape index (κ1) is 12.1. The molecule has 0 aliphatic carbocycles. The zero-order valence-electron chi connectivity index (χ0n) is 10.3. The van der Waals surface area contributed by atoms with Crippen molar-refractivity contribution >= 4 is 10.8 Å². The van der Waals surface area contributed by atoms with Crippen molar-refractivity contribution in [2.24, 2.45) is 11.5 Å². The van der Waals surface area contributed by atoms with E-state index in [4.69, 9.17) is 11.5 Å². The van der Waals surface area contributed by atoms with Crippen molar-refractivity contribution in [3.05, 3.63) is 47.5 Å². The summed E-state index contributed by atoms with van der Waals surface area (Å²) in [6.45, 7) is 2.72. The summed E-state index contributed by atoms with van der Waals surface area (Å²) in [5, 5.41) is 2.66. The molecule has 0 fully saturated rings. The molecule has 0 saturated carbocycles. The minimum Gasteiger partial charge on any atom is -0.329 e. The van der Waals surface area contributed by atoms with E-state index < -0.39 is 0 Å². The van der Waals surface area contributed by atoms with E-state index in [0.717, 1.165) is 12.8 Å². The Kier molecular flexibility index (Phi) is 3.77. The molecule has 0 unspecified atom stereocenters. The number of nitrogens with two attached hydrogens (primary N) is 2. The Morgan fingerprint density at radius 3 is 2.29 bits per heavy atom. The van der Waals surface area contributed by atoms with Gasteiger partial charge in [0.2, 0.25) is 0 Å². The van der Waals surface area contributed by atoms with Gasteiger partial charge >= 0.3 is 0 Å². The first-order chi connectivity index (χ1) is 8.26. The molecule has 2 heteroatoms. The second kappa shape index (κ2) is 5.30. The molecule has 0 aliphatic rings. The lowest BCUT2D eigenvalue weighted by Crippen LogP contribution is -2.31. The molecule has 2 aromatic rings. The van der Waals surface area contributed by atoms with E-state index in [-0.39, 0.29) is 6.04 Å². The van der Waals surface area contributed by atoms with Gasteiger partial charge in [0.15, 0.2) is 0 Å². The summed E-state index contributed by atoms with van der Waals surface area (Å²) in [5.74, 6) is 0. The molecule has 0 aliphatic heterocycles. The summed E-state index contributed by atoms with van der Waals surface area (Å²) in [6.07, 6.45) is 1.90. The maximum absolute atomic E-state index is 5.96. The normalized spacial score (nSPS) is 12.9. The van der Waals surface area contributed by atoms with Crippen LogP contribution in [0.1, 0.15) is 18.1 Å². The van der Waals surface area contributed by atoms with Crippen molar-refractivity contribution in [1.82, 2.24) is 0 Å². The summed E-state index contributed by atoms with van der Waals surface area (Å²) in [5.41, 5.74) is 14.3. The number of hydrogen-bond acceptors (Lipinski definition) is 2. The molecule has 0 bridgehead atoms. The largest absolute Gasteiger partial charge is 0.329 e. The number of hydrogen-bond donors (Lipinski definition) is 2. The zero-order valence-corrected chi connectivity index (χ0v) is 10.3. The van der Waals surface area contributed by atoms with Crippen LogP contribution in [0.2, 0.25) is 0 Å². The minimum absolute atomic E-state index is 0.0468. The van der Waals surface area contributed by atoms with Crippen molar-refractivity contribution in [3.8, 4) is 0 Å². The molecule has 90 valence electrons. The first-order valence-corrected chi connectivity index (χ1v) is 6.21. The fraction of sp³-hybridized carbons (Fsp3) is 0.333. The van der Waals surface area contributed by atoms with Crippen LogP contribution < -0.4 is 11.5 Å². The molecule has 0 aromatic heterocycles. The number of rotatable bonds is 4. The standard InChI is InChI=1S/C15H20N2/c1-2-11-5-3-6-12-7-4-8-13(15(11)12)9-14(17)10-16/h3-8,14H,2,9-10,16-17H2,1H3/t14-/m0/s1.